The molecular formula is C26H32N4O3. The Hall–Kier alpha value is -3.06. The van der Waals surface area contributed by atoms with Crippen molar-refractivity contribution < 1.29 is 9.53 Å². The van der Waals surface area contributed by atoms with Crippen molar-refractivity contribution in [3.63, 3.8) is 0 Å². The van der Waals surface area contributed by atoms with Crippen molar-refractivity contribution in [2.24, 2.45) is 14.1 Å². The highest BCUT2D eigenvalue weighted by Crippen LogP contribution is 2.44. The molecule has 2 aliphatic rings. The molecule has 2 atom stereocenters. The summed E-state index contributed by atoms with van der Waals surface area (Å²) in [7, 11) is 5.34. The molecule has 0 radical (unpaired) electrons. The molecule has 33 heavy (non-hydrogen) atoms. The Balaban J connectivity index is 1.49. The number of likely N-dealkylation sites (tertiary alicyclic amines) is 1. The summed E-state index contributed by atoms with van der Waals surface area (Å²) in [5.74, 6) is 1.18. The zero-order valence-electron chi connectivity index (χ0n) is 19.6. The van der Waals surface area contributed by atoms with E-state index in [1.165, 1.54) is 5.56 Å². The number of carbonyl (C=O) groups excluding carboxylic acids is 1. The molecule has 2 aliphatic heterocycles. The van der Waals surface area contributed by atoms with Crippen LogP contribution >= 0.6 is 0 Å². The first-order valence-corrected chi connectivity index (χ1v) is 11.7. The van der Waals surface area contributed by atoms with Crippen LogP contribution < -0.4 is 15.7 Å². The van der Waals surface area contributed by atoms with Crippen molar-refractivity contribution in [1.29, 1.82) is 0 Å². The summed E-state index contributed by atoms with van der Waals surface area (Å²) in [5, 5.41) is 3.43. The number of nitrogens with one attached hydrogen (secondary N) is 1. The van der Waals surface area contributed by atoms with E-state index in [2.05, 4.69) is 34.5 Å². The first kappa shape index (κ1) is 21.8. The van der Waals surface area contributed by atoms with Crippen LogP contribution in [0, 0.1) is 0 Å². The third-order valence-corrected chi connectivity index (χ3v) is 7.54. The zero-order valence-corrected chi connectivity index (χ0v) is 19.6. The summed E-state index contributed by atoms with van der Waals surface area (Å²) < 4.78 is 9.10. The predicted octanol–water partition coefficient (Wildman–Crippen LogP) is 2.91. The van der Waals surface area contributed by atoms with Crippen LogP contribution in [0.25, 0.3) is 11.0 Å². The molecule has 3 heterocycles. The number of hydrogen-bond acceptors (Lipinski definition) is 4. The number of fused-ring (bicyclic) bond motifs is 1. The molecule has 3 aromatic rings. The van der Waals surface area contributed by atoms with Crippen molar-refractivity contribution >= 4 is 16.9 Å². The van der Waals surface area contributed by atoms with Gasteiger partial charge in [0.2, 0.25) is 5.91 Å². The molecule has 7 nitrogen and oxygen atoms in total. The smallest absolute Gasteiger partial charge is 0.328 e. The van der Waals surface area contributed by atoms with Gasteiger partial charge in [0, 0.05) is 51.6 Å². The molecule has 2 fully saturated rings. The van der Waals surface area contributed by atoms with Crippen molar-refractivity contribution in [3.8, 4) is 5.75 Å². The van der Waals surface area contributed by atoms with Gasteiger partial charge >= 0.3 is 5.69 Å². The monoisotopic (exact) mass is 448 g/mol. The number of benzene rings is 2. The minimum Gasteiger partial charge on any atom is -0.496 e. The Morgan fingerprint density at radius 2 is 1.85 bits per heavy atom. The number of methoxy groups -OCH3 is 1. The maximum absolute atomic E-state index is 12.7. The Labute approximate surface area is 193 Å². The average molecular weight is 449 g/mol. The average Bonchev–Trinajstić information content (AvgIpc) is 3.17. The van der Waals surface area contributed by atoms with E-state index < -0.39 is 0 Å². The SMILES string of the molecule is COc1ccccc1[C@@H]1CN(Cc2ccc3c(c2)n(C)c(=O)n3C)C[C@]12CCCCC(=O)N2. The van der Waals surface area contributed by atoms with Crippen LogP contribution in [0.15, 0.2) is 47.3 Å². The second kappa shape index (κ2) is 8.37. The van der Waals surface area contributed by atoms with E-state index in [0.29, 0.717) is 6.42 Å². The fourth-order valence-electron chi connectivity index (χ4n) is 5.89. The number of aromatic nitrogens is 2. The quantitative estimate of drug-likeness (QED) is 0.667. The van der Waals surface area contributed by atoms with Gasteiger partial charge in [-0.05, 0) is 36.6 Å². The van der Waals surface area contributed by atoms with E-state index in [9.17, 15) is 9.59 Å². The van der Waals surface area contributed by atoms with E-state index in [4.69, 9.17) is 4.74 Å². The molecule has 2 aromatic carbocycles. The van der Waals surface area contributed by atoms with Crippen molar-refractivity contribution in [3.05, 3.63) is 64.1 Å². The molecule has 0 bridgehead atoms. The summed E-state index contributed by atoms with van der Waals surface area (Å²) in [6.45, 7) is 2.40. The maximum atomic E-state index is 12.7. The van der Waals surface area contributed by atoms with Gasteiger partial charge in [-0.25, -0.2) is 4.79 Å². The fraction of sp³-hybridized carbons (Fsp3) is 0.462. The Morgan fingerprint density at radius 3 is 2.67 bits per heavy atom. The summed E-state index contributed by atoms with van der Waals surface area (Å²) >= 11 is 0. The van der Waals surface area contributed by atoms with Gasteiger partial charge in [0.05, 0.1) is 23.7 Å². The van der Waals surface area contributed by atoms with Crippen molar-refractivity contribution in [2.75, 3.05) is 20.2 Å². The Morgan fingerprint density at radius 1 is 1.06 bits per heavy atom. The zero-order chi connectivity index (χ0) is 23.2. The summed E-state index contributed by atoms with van der Waals surface area (Å²) in [6, 6.07) is 14.4. The third kappa shape index (κ3) is 3.74. The molecule has 0 aliphatic carbocycles. The molecule has 1 amide bonds. The molecule has 5 rings (SSSR count). The summed E-state index contributed by atoms with van der Waals surface area (Å²) in [6.07, 6.45) is 3.53. The number of amides is 1. The highest BCUT2D eigenvalue weighted by atomic mass is 16.5. The number of carbonyl (C=O) groups is 1. The third-order valence-electron chi connectivity index (χ3n) is 7.54. The van der Waals surface area contributed by atoms with Gasteiger partial charge in [-0.15, -0.1) is 0 Å². The molecule has 174 valence electrons. The number of imidazole rings is 1. The van der Waals surface area contributed by atoms with Crippen LogP contribution in [0.4, 0.5) is 0 Å². The van der Waals surface area contributed by atoms with Gasteiger partial charge in [0.25, 0.3) is 0 Å². The highest BCUT2D eigenvalue weighted by molar-refractivity contribution is 5.78. The highest BCUT2D eigenvalue weighted by Gasteiger charge is 2.49. The van der Waals surface area contributed by atoms with Crippen molar-refractivity contribution in [2.45, 2.75) is 43.7 Å². The van der Waals surface area contributed by atoms with Crippen LogP contribution in [0.2, 0.25) is 0 Å². The van der Waals surface area contributed by atoms with Crippen LogP contribution in [-0.2, 0) is 25.4 Å². The fourth-order valence-corrected chi connectivity index (χ4v) is 5.89. The van der Waals surface area contributed by atoms with Crippen molar-refractivity contribution in [1.82, 2.24) is 19.4 Å². The first-order valence-electron chi connectivity index (χ1n) is 11.7. The lowest BCUT2D eigenvalue weighted by atomic mass is 9.78. The summed E-state index contributed by atoms with van der Waals surface area (Å²) in [5.41, 5.74) is 3.89. The van der Waals surface area contributed by atoms with E-state index in [-0.39, 0.29) is 23.1 Å². The molecule has 0 saturated carbocycles. The standard InChI is InChI=1S/C26H32N4O3/c1-28-21-12-11-18(14-22(21)29(2)25(28)32)15-30-16-20(19-8-4-5-9-23(19)33-3)26(17-30)13-7-6-10-24(31)27-26/h4-5,8-9,11-12,14,20H,6-7,10,13,15-17H2,1-3H3,(H,27,31)/t20-,26+/m0/s1. The number of para-hydroxylation sites is 1. The number of rotatable bonds is 4. The number of aryl methyl sites for hydroxylation is 2. The van der Waals surface area contributed by atoms with E-state index >= 15 is 0 Å². The normalized spacial score (nSPS) is 23.7. The topological polar surface area (TPSA) is 68.5 Å². The van der Waals surface area contributed by atoms with Gasteiger partial charge in [0.15, 0.2) is 0 Å². The van der Waals surface area contributed by atoms with Crippen LogP contribution in [0.5, 0.6) is 5.75 Å². The van der Waals surface area contributed by atoms with Crippen LogP contribution in [0.3, 0.4) is 0 Å². The minimum atomic E-state index is -0.300. The number of ether oxygens (including phenoxy) is 1. The molecule has 0 unspecified atom stereocenters. The summed E-state index contributed by atoms with van der Waals surface area (Å²) in [4.78, 5) is 27.4. The Kier molecular flexibility index (Phi) is 5.52. The van der Waals surface area contributed by atoms with Gasteiger partial charge in [-0.1, -0.05) is 30.7 Å². The molecule has 1 spiro atoms. The first-order chi connectivity index (χ1) is 15.9. The van der Waals surface area contributed by atoms with Crippen LogP contribution in [0.1, 0.15) is 42.7 Å². The lowest BCUT2D eigenvalue weighted by Gasteiger charge is -2.35. The maximum Gasteiger partial charge on any atom is 0.328 e. The van der Waals surface area contributed by atoms with Gasteiger partial charge in [-0.2, -0.15) is 0 Å². The van der Waals surface area contributed by atoms with Gasteiger partial charge in [-0.3, -0.25) is 18.8 Å². The largest absolute Gasteiger partial charge is 0.496 e. The molecule has 7 heteroatoms. The second-order valence-corrected chi connectivity index (χ2v) is 9.60. The van der Waals surface area contributed by atoms with Gasteiger partial charge in [0.1, 0.15) is 5.75 Å². The molecule has 2 saturated heterocycles. The van der Waals surface area contributed by atoms with E-state index in [1.807, 2.05) is 25.2 Å². The Bertz CT molecular complexity index is 1260. The van der Waals surface area contributed by atoms with Gasteiger partial charge < -0.3 is 10.1 Å². The van der Waals surface area contributed by atoms with E-state index in [0.717, 1.165) is 61.2 Å². The molecule has 1 aromatic heterocycles. The second-order valence-electron chi connectivity index (χ2n) is 9.60. The lowest BCUT2D eigenvalue weighted by Crippen LogP contribution is -2.52. The predicted molar refractivity (Wildman–Crippen MR) is 129 cm³/mol. The lowest BCUT2D eigenvalue weighted by molar-refractivity contribution is -0.122. The molecule has 1 N–H and O–H groups in total. The number of nitrogens with zero attached hydrogens (tertiary/aromatic N) is 3. The number of hydrogen-bond donors (Lipinski definition) is 1. The minimum absolute atomic E-state index is 0.0142. The van der Waals surface area contributed by atoms with Crippen LogP contribution in [-0.4, -0.2) is 45.7 Å². The van der Waals surface area contributed by atoms with E-state index in [1.54, 1.807) is 23.3 Å². The molecular weight excluding hydrogens is 416 g/mol.